The fourth-order valence-corrected chi connectivity index (χ4v) is 6.83. The number of rotatable bonds is 17. The van der Waals surface area contributed by atoms with E-state index in [0.29, 0.717) is 17.5 Å². The Morgan fingerprint density at radius 1 is 0.897 bits per heavy atom. The molecule has 0 bridgehead atoms. The van der Waals surface area contributed by atoms with Crippen molar-refractivity contribution in [3.05, 3.63) is 35.4 Å². The van der Waals surface area contributed by atoms with Gasteiger partial charge in [0.2, 0.25) is 5.12 Å². The first-order valence-corrected chi connectivity index (χ1v) is 14.6. The molecule has 3 nitrogen and oxygen atoms in total. The SMILES string of the molecule is CCCCCCCCCCCCSSSC(=O)c1ccccc1C(CC)C(=O)O. The van der Waals surface area contributed by atoms with Crippen LogP contribution in [0.15, 0.2) is 24.3 Å². The van der Waals surface area contributed by atoms with Gasteiger partial charge in [-0.1, -0.05) is 107 Å². The first kappa shape index (κ1) is 26.4. The van der Waals surface area contributed by atoms with Gasteiger partial charge in [0.25, 0.3) is 0 Å². The minimum Gasteiger partial charge on any atom is -0.481 e. The summed E-state index contributed by atoms with van der Waals surface area (Å²) in [7, 11) is 4.44. The van der Waals surface area contributed by atoms with Crippen LogP contribution in [0.25, 0.3) is 0 Å². The average Bonchev–Trinajstić information content (AvgIpc) is 2.72. The maximum absolute atomic E-state index is 12.5. The highest BCUT2D eigenvalue weighted by Gasteiger charge is 2.23. The molecule has 0 aliphatic carbocycles. The predicted molar refractivity (Wildman–Crippen MR) is 131 cm³/mol. The molecule has 0 saturated carbocycles. The molecular weight excluding hydrogens is 420 g/mol. The Kier molecular flexibility index (Phi) is 15.6. The summed E-state index contributed by atoms with van der Waals surface area (Å²) in [5.41, 5.74) is 1.15. The van der Waals surface area contributed by atoms with Gasteiger partial charge in [-0.15, -0.1) is 0 Å². The molecule has 6 heteroatoms. The zero-order valence-electron chi connectivity index (χ0n) is 17.9. The highest BCUT2D eigenvalue weighted by atomic mass is 33.5. The van der Waals surface area contributed by atoms with E-state index in [4.69, 9.17) is 0 Å². The minimum absolute atomic E-state index is 0.0547. The average molecular weight is 457 g/mol. The van der Waals surface area contributed by atoms with E-state index >= 15 is 0 Å². The number of carboxylic acids is 1. The number of benzene rings is 1. The molecule has 29 heavy (non-hydrogen) atoms. The van der Waals surface area contributed by atoms with Crippen LogP contribution >= 0.6 is 31.4 Å². The Hall–Kier alpha value is -0.590. The van der Waals surface area contributed by atoms with E-state index in [9.17, 15) is 14.7 Å². The minimum atomic E-state index is -0.874. The summed E-state index contributed by atoms with van der Waals surface area (Å²) in [5, 5.41) is 9.35. The number of aliphatic carboxylic acids is 1. The topological polar surface area (TPSA) is 54.4 Å². The molecule has 1 rings (SSSR count). The number of hydrogen-bond donors (Lipinski definition) is 1. The van der Waals surface area contributed by atoms with Crippen LogP contribution in [0.5, 0.6) is 0 Å². The van der Waals surface area contributed by atoms with Gasteiger partial charge in [0.1, 0.15) is 0 Å². The van der Waals surface area contributed by atoms with Crippen LogP contribution in [0.2, 0.25) is 0 Å². The Labute approximate surface area is 188 Å². The molecule has 0 amide bonds. The van der Waals surface area contributed by atoms with Crippen molar-refractivity contribution in [1.82, 2.24) is 0 Å². The number of hydrogen-bond acceptors (Lipinski definition) is 5. The molecular formula is C23H36O3S3. The standard InChI is InChI=1S/C23H36O3S3/c1-3-5-6-7-8-9-10-11-12-15-18-27-29-28-23(26)21-17-14-13-16-20(21)19(4-2)22(24)25/h13-14,16-17,19H,3-12,15,18H2,1-2H3,(H,24,25). The van der Waals surface area contributed by atoms with Crippen molar-refractivity contribution in [2.45, 2.75) is 90.4 Å². The second-order valence-corrected chi connectivity index (χ2v) is 11.5. The first-order chi connectivity index (χ1) is 14.1. The zero-order chi connectivity index (χ0) is 21.3. The van der Waals surface area contributed by atoms with Crippen LogP contribution in [0, 0.1) is 0 Å². The van der Waals surface area contributed by atoms with Crippen LogP contribution in [-0.4, -0.2) is 21.9 Å². The van der Waals surface area contributed by atoms with Crippen molar-refractivity contribution in [2.75, 3.05) is 5.75 Å². The first-order valence-electron chi connectivity index (χ1n) is 10.9. The van der Waals surface area contributed by atoms with Crippen LogP contribution in [0.1, 0.15) is 106 Å². The summed E-state index contributed by atoms with van der Waals surface area (Å²) in [5.74, 6) is -0.448. The van der Waals surface area contributed by atoms with Crippen molar-refractivity contribution < 1.29 is 14.7 Å². The molecule has 1 atom stereocenters. The van der Waals surface area contributed by atoms with E-state index in [1.807, 2.05) is 6.92 Å². The molecule has 0 radical (unpaired) electrons. The third kappa shape index (κ3) is 11.4. The molecule has 1 N–H and O–H groups in total. The van der Waals surface area contributed by atoms with Crippen LogP contribution in [0.3, 0.4) is 0 Å². The van der Waals surface area contributed by atoms with Crippen molar-refractivity contribution in [1.29, 1.82) is 0 Å². The monoisotopic (exact) mass is 456 g/mol. The molecule has 0 aromatic heterocycles. The molecule has 0 aliphatic heterocycles. The van der Waals surface area contributed by atoms with Gasteiger partial charge in [-0.2, -0.15) is 0 Å². The van der Waals surface area contributed by atoms with E-state index in [2.05, 4.69) is 6.92 Å². The Bertz CT molecular complexity index is 592. The van der Waals surface area contributed by atoms with Gasteiger partial charge < -0.3 is 5.11 Å². The van der Waals surface area contributed by atoms with E-state index in [0.717, 1.165) is 5.75 Å². The number of carbonyl (C=O) groups excluding carboxylic acids is 1. The summed E-state index contributed by atoms with van der Waals surface area (Å²) in [6.45, 7) is 4.09. The highest BCUT2D eigenvalue weighted by molar-refractivity contribution is 9.12. The Morgan fingerprint density at radius 2 is 1.48 bits per heavy atom. The van der Waals surface area contributed by atoms with Gasteiger partial charge >= 0.3 is 5.97 Å². The van der Waals surface area contributed by atoms with Gasteiger partial charge in [-0.05, 0) is 39.0 Å². The van der Waals surface area contributed by atoms with E-state index in [1.54, 1.807) is 35.1 Å². The lowest BCUT2D eigenvalue weighted by atomic mass is 9.92. The number of unbranched alkanes of at least 4 members (excludes halogenated alkanes) is 9. The fourth-order valence-electron chi connectivity index (χ4n) is 3.30. The van der Waals surface area contributed by atoms with Crippen molar-refractivity contribution in [3.8, 4) is 0 Å². The van der Waals surface area contributed by atoms with E-state index in [1.165, 1.54) is 84.8 Å². The Morgan fingerprint density at radius 3 is 2.07 bits per heavy atom. The van der Waals surface area contributed by atoms with Gasteiger partial charge in [0.05, 0.1) is 5.92 Å². The van der Waals surface area contributed by atoms with Gasteiger partial charge in [-0.3, -0.25) is 9.59 Å². The molecule has 0 saturated heterocycles. The molecule has 1 unspecified atom stereocenters. The van der Waals surface area contributed by atoms with Crippen molar-refractivity contribution >= 4 is 42.5 Å². The smallest absolute Gasteiger partial charge is 0.310 e. The maximum Gasteiger partial charge on any atom is 0.310 e. The van der Waals surface area contributed by atoms with E-state index in [-0.39, 0.29) is 5.12 Å². The molecule has 1 aromatic rings. The summed E-state index contributed by atoms with van der Waals surface area (Å²) >= 11 is 0. The zero-order valence-corrected chi connectivity index (χ0v) is 20.3. The fraction of sp³-hybridized carbons (Fsp3) is 0.652. The van der Waals surface area contributed by atoms with Crippen LogP contribution in [-0.2, 0) is 4.79 Å². The number of carboxylic acid groups (broad SMARTS) is 1. The third-order valence-electron chi connectivity index (χ3n) is 5.00. The molecule has 0 spiro atoms. The summed E-state index contributed by atoms with van der Waals surface area (Å²) in [6, 6.07) is 7.10. The van der Waals surface area contributed by atoms with Crippen molar-refractivity contribution in [3.63, 3.8) is 0 Å². The van der Waals surface area contributed by atoms with Gasteiger partial charge in [-0.25, -0.2) is 0 Å². The van der Waals surface area contributed by atoms with Crippen molar-refractivity contribution in [2.24, 2.45) is 0 Å². The van der Waals surface area contributed by atoms with Crippen LogP contribution < -0.4 is 0 Å². The lowest BCUT2D eigenvalue weighted by molar-refractivity contribution is -0.138. The lowest BCUT2D eigenvalue weighted by Crippen LogP contribution is -2.13. The number of carbonyl (C=O) groups is 2. The summed E-state index contributed by atoms with van der Waals surface area (Å²) < 4.78 is 0. The third-order valence-corrected chi connectivity index (χ3v) is 8.92. The lowest BCUT2D eigenvalue weighted by Gasteiger charge is -2.14. The predicted octanol–water partition coefficient (Wildman–Crippen LogP) is 8.36. The Balaban J connectivity index is 2.17. The second kappa shape index (κ2) is 17.1. The summed E-state index contributed by atoms with van der Waals surface area (Å²) in [4.78, 5) is 24.0. The quantitative estimate of drug-likeness (QED) is 0.188. The van der Waals surface area contributed by atoms with Crippen LogP contribution in [0.4, 0.5) is 0 Å². The van der Waals surface area contributed by atoms with E-state index < -0.39 is 11.9 Å². The second-order valence-electron chi connectivity index (χ2n) is 7.33. The van der Waals surface area contributed by atoms with Gasteiger partial charge in [0, 0.05) is 11.3 Å². The molecule has 1 aromatic carbocycles. The maximum atomic E-state index is 12.5. The van der Waals surface area contributed by atoms with Gasteiger partial charge in [0.15, 0.2) is 0 Å². The normalized spacial score (nSPS) is 12.1. The molecule has 0 fully saturated rings. The molecule has 164 valence electrons. The summed E-state index contributed by atoms with van der Waals surface area (Å²) in [6.07, 6.45) is 13.8. The molecule has 0 aliphatic rings. The highest BCUT2D eigenvalue weighted by Crippen LogP contribution is 2.39. The molecule has 0 heterocycles. The largest absolute Gasteiger partial charge is 0.481 e.